The summed E-state index contributed by atoms with van der Waals surface area (Å²) in [6, 6.07) is 8.26. The van der Waals surface area contributed by atoms with E-state index in [1.165, 1.54) is 25.2 Å². The van der Waals surface area contributed by atoms with Gasteiger partial charge >= 0.3 is 5.97 Å². The molecule has 1 aromatic heterocycles. The van der Waals surface area contributed by atoms with E-state index in [1.807, 2.05) is 12.1 Å². The van der Waals surface area contributed by atoms with Gasteiger partial charge < -0.3 is 4.74 Å². The Hall–Kier alpha value is -3.02. The zero-order valence-corrected chi connectivity index (χ0v) is 13.2. The SMILES string of the molecule is CN1C(=O)c2ccc(C(=O)OCCCc3ccncc3)cc2C1=O. The second kappa shape index (κ2) is 6.62. The van der Waals surface area contributed by atoms with Crippen LogP contribution in [0.1, 0.15) is 43.1 Å². The quantitative estimate of drug-likeness (QED) is 0.478. The molecule has 2 aromatic rings. The van der Waals surface area contributed by atoms with Crippen molar-refractivity contribution in [1.82, 2.24) is 9.88 Å². The number of hydrogen-bond acceptors (Lipinski definition) is 5. The number of amides is 2. The summed E-state index contributed by atoms with van der Waals surface area (Å²) in [6.07, 6.45) is 4.93. The fourth-order valence-electron chi connectivity index (χ4n) is 2.56. The van der Waals surface area contributed by atoms with Crippen LogP contribution in [0.15, 0.2) is 42.7 Å². The summed E-state index contributed by atoms with van der Waals surface area (Å²) < 4.78 is 5.23. The first-order valence-corrected chi connectivity index (χ1v) is 7.60. The number of rotatable bonds is 5. The van der Waals surface area contributed by atoms with Gasteiger partial charge in [0.15, 0.2) is 0 Å². The highest BCUT2D eigenvalue weighted by atomic mass is 16.5. The second-order valence-electron chi connectivity index (χ2n) is 5.52. The highest BCUT2D eigenvalue weighted by molar-refractivity contribution is 6.21. The number of nitrogens with zero attached hydrogens (tertiary/aromatic N) is 2. The summed E-state index contributed by atoms with van der Waals surface area (Å²) in [7, 11) is 1.42. The largest absolute Gasteiger partial charge is 0.462 e. The molecule has 122 valence electrons. The molecule has 6 nitrogen and oxygen atoms in total. The predicted octanol–water partition coefficient (Wildman–Crippen LogP) is 2.10. The molecule has 2 amide bonds. The Bertz CT molecular complexity index is 802. The van der Waals surface area contributed by atoms with Crippen LogP contribution in [0, 0.1) is 0 Å². The summed E-state index contributed by atoms with van der Waals surface area (Å²) in [6.45, 7) is 0.283. The van der Waals surface area contributed by atoms with E-state index in [1.54, 1.807) is 12.4 Å². The fraction of sp³-hybridized carbons (Fsp3) is 0.222. The number of esters is 1. The molecule has 6 heteroatoms. The van der Waals surface area contributed by atoms with Gasteiger partial charge in [-0.3, -0.25) is 19.5 Å². The number of pyridine rings is 1. The Morgan fingerprint density at radius 1 is 1.08 bits per heavy atom. The fourth-order valence-corrected chi connectivity index (χ4v) is 2.56. The molecule has 1 aliphatic rings. The number of benzene rings is 1. The lowest BCUT2D eigenvalue weighted by Crippen LogP contribution is -2.24. The molecule has 0 unspecified atom stereocenters. The minimum Gasteiger partial charge on any atom is -0.462 e. The molecule has 0 N–H and O–H groups in total. The number of carbonyl (C=O) groups excluding carboxylic acids is 3. The van der Waals surface area contributed by atoms with Crippen LogP contribution in [0.3, 0.4) is 0 Å². The molecule has 0 aliphatic carbocycles. The van der Waals surface area contributed by atoms with Gasteiger partial charge in [0.25, 0.3) is 11.8 Å². The molecule has 0 atom stereocenters. The van der Waals surface area contributed by atoms with Crippen molar-refractivity contribution in [3.05, 3.63) is 65.0 Å². The molecular formula is C18H16N2O4. The Labute approximate surface area is 139 Å². The van der Waals surface area contributed by atoms with Gasteiger partial charge in [-0.05, 0) is 48.7 Å². The lowest BCUT2D eigenvalue weighted by atomic mass is 10.1. The number of hydrogen-bond donors (Lipinski definition) is 0. The van der Waals surface area contributed by atoms with Gasteiger partial charge in [-0.15, -0.1) is 0 Å². The van der Waals surface area contributed by atoms with Crippen molar-refractivity contribution in [2.45, 2.75) is 12.8 Å². The molecular weight excluding hydrogens is 308 g/mol. The summed E-state index contributed by atoms with van der Waals surface area (Å²) in [4.78, 5) is 40.8. The summed E-state index contributed by atoms with van der Waals surface area (Å²) in [5.74, 6) is -1.25. The smallest absolute Gasteiger partial charge is 0.338 e. The Morgan fingerprint density at radius 3 is 2.54 bits per heavy atom. The van der Waals surface area contributed by atoms with Gasteiger partial charge in [0.2, 0.25) is 0 Å². The number of ether oxygens (including phenoxy) is 1. The molecule has 24 heavy (non-hydrogen) atoms. The molecule has 0 fully saturated rings. The normalized spacial score (nSPS) is 13.1. The first-order chi connectivity index (χ1) is 11.6. The Kier molecular flexibility index (Phi) is 4.37. The summed E-state index contributed by atoms with van der Waals surface area (Å²) in [5.41, 5.74) is 1.96. The van der Waals surface area contributed by atoms with Gasteiger partial charge in [-0.1, -0.05) is 0 Å². The average Bonchev–Trinajstić information content (AvgIpc) is 2.83. The maximum Gasteiger partial charge on any atom is 0.338 e. The molecule has 2 heterocycles. The molecule has 0 bridgehead atoms. The van der Waals surface area contributed by atoms with E-state index < -0.39 is 11.9 Å². The lowest BCUT2D eigenvalue weighted by Gasteiger charge is -2.06. The molecule has 3 rings (SSSR count). The van der Waals surface area contributed by atoms with Crippen LogP contribution in [0.4, 0.5) is 0 Å². The monoisotopic (exact) mass is 324 g/mol. The number of imide groups is 1. The molecule has 1 aromatic carbocycles. The maximum absolute atomic E-state index is 12.1. The van der Waals surface area contributed by atoms with E-state index in [4.69, 9.17) is 4.74 Å². The van der Waals surface area contributed by atoms with Gasteiger partial charge in [0, 0.05) is 19.4 Å². The van der Waals surface area contributed by atoms with Crippen molar-refractivity contribution in [3.8, 4) is 0 Å². The van der Waals surface area contributed by atoms with Gasteiger partial charge in [-0.2, -0.15) is 0 Å². The number of aryl methyl sites for hydroxylation is 1. The molecule has 0 spiro atoms. The molecule has 0 radical (unpaired) electrons. The van der Waals surface area contributed by atoms with Crippen molar-refractivity contribution in [2.24, 2.45) is 0 Å². The minimum atomic E-state index is -0.498. The van der Waals surface area contributed by atoms with E-state index in [2.05, 4.69) is 4.98 Å². The average molecular weight is 324 g/mol. The second-order valence-corrected chi connectivity index (χ2v) is 5.52. The van der Waals surface area contributed by atoms with Crippen LogP contribution in [-0.2, 0) is 11.2 Å². The van der Waals surface area contributed by atoms with Crippen molar-refractivity contribution in [2.75, 3.05) is 13.7 Å². The Morgan fingerprint density at radius 2 is 1.79 bits per heavy atom. The first-order valence-electron chi connectivity index (χ1n) is 7.60. The molecule has 1 aliphatic heterocycles. The standard InChI is InChI=1S/C18H16N2O4/c1-20-16(21)14-5-4-13(11-15(14)17(20)22)18(23)24-10-2-3-12-6-8-19-9-7-12/h4-9,11H,2-3,10H2,1H3. The van der Waals surface area contributed by atoms with Crippen LogP contribution >= 0.6 is 0 Å². The number of aromatic nitrogens is 1. The van der Waals surface area contributed by atoms with Crippen molar-refractivity contribution >= 4 is 17.8 Å². The molecule has 0 saturated carbocycles. The minimum absolute atomic E-state index is 0.244. The van der Waals surface area contributed by atoms with E-state index in [0.29, 0.717) is 12.0 Å². The van der Waals surface area contributed by atoms with Gasteiger partial charge in [0.05, 0.1) is 23.3 Å². The van der Waals surface area contributed by atoms with Crippen LogP contribution in [0.5, 0.6) is 0 Å². The maximum atomic E-state index is 12.1. The Balaban J connectivity index is 1.58. The van der Waals surface area contributed by atoms with Gasteiger partial charge in [-0.25, -0.2) is 4.79 Å². The first kappa shape index (κ1) is 15.9. The topological polar surface area (TPSA) is 76.6 Å². The zero-order valence-electron chi connectivity index (χ0n) is 13.2. The van der Waals surface area contributed by atoms with Crippen molar-refractivity contribution < 1.29 is 19.1 Å². The van der Waals surface area contributed by atoms with E-state index >= 15 is 0 Å². The predicted molar refractivity (Wildman–Crippen MR) is 85.7 cm³/mol. The third-order valence-corrected chi connectivity index (χ3v) is 3.92. The number of fused-ring (bicyclic) bond motifs is 1. The highest BCUT2D eigenvalue weighted by Crippen LogP contribution is 2.23. The highest BCUT2D eigenvalue weighted by Gasteiger charge is 2.33. The van der Waals surface area contributed by atoms with Crippen LogP contribution < -0.4 is 0 Å². The third kappa shape index (κ3) is 3.03. The van der Waals surface area contributed by atoms with Crippen LogP contribution in [0.25, 0.3) is 0 Å². The number of carbonyl (C=O) groups is 3. The summed E-state index contributed by atoms with van der Waals surface area (Å²) >= 11 is 0. The van der Waals surface area contributed by atoms with Gasteiger partial charge in [0.1, 0.15) is 0 Å². The van der Waals surface area contributed by atoms with Crippen molar-refractivity contribution in [1.29, 1.82) is 0 Å². The van der Waals surface area contributed by atoms with E-state index in [0.717, 1.165) is 16.9 Å². The zero-order chi connectivity index (χ0) is 17.1. The molecule has 0 saturated heterocycles. The van der Waals surface area contributed by atoms with Crippen LogP contribution in [-0.4, -0.2) is 41.3 Å². The third-order valence-electron chi connectivity index (χ3n) is 3.92. The van der Waals surface area contributed by atoms with Crippen LogP contribution in [0.2, 0.25) is 0 Å². The lowest BCUT2D eigenvalue weighted by molar-refractivity contribution is 0.0500. The van der Waals surface area contributed by atoms with E-state index in [9.17, 15) is 14.4 Å². The summed E-state index contributed by atoms with van der Waals surface area (Å²) in [5, 5.41) is 0. The van der Waals surface area contributed by atoms with Crippen molar-refractivity contribution in [3.63, 3.8) is 0 Å². The van der Waals surface area contributed by atoms with E-state index in [-0.39, 0.29) is 23.6 Å².